The number of phenols is 1. The van der Waals surface area contributed by atoms with Crippen LogP contribution in [0.3, 0.4) is 0 Å². The van der Waals surface area contributed by atoms with Gasteiger partial charge in [-0.15, -0.1) is 0 Å². The van der Waals surface area contributed by atoms with Crippen molar-refractivity contribution >= 4 is 34.5 Å². The zero-order chi connectivity index (χ0) is 18.1. The van der Waals surface area contributed by atoms with E-state index in [0.29, 0.717) is 10.6 Å². The van der Waals surface area contributed by atoms with Crippen molar-refractivity contribution in [3.63, 3.8) is 0 Å². The SMILES string of the molecule is Cc1ccc2[nH+]c(-c3cc(N=Cc4ccc(Cl)cc4)ccc3O)[nH]c2c1. The van der Waals surface area contributed by atoms with Gasteiger partial charge in [-0.25, -0.2) is 9.97 Å². The Morgan fingerprint density at radius 3 is 2.65 bits per heavy atom. The van der Waals surface area contributed by atoms with Gasteiger partial charge in [0.25, 0.3) is 5.82 Å². The number of hydrogen-bond acceptors (Lipinski definition) is 2. The molecule has 4 nitrogen and oxygen atoms in total. The number of H-pyrrole nitrogens is 2. The predicted octanol–water partition coefficient (Wildman–Crippen LogP) is 5.07. The van der Waals surface area contributed by atoms with Gasteiger partial charge in [0, 0.05) is 11.2 Å². The molecule has 4 rings (SSSR count). The summed E-state index contributed by atoms with van der Waals surface area (Å²) in [5.41, 5.74) is 5.52. The Bertz CT molecular complexity index is 1110. The molecule has 5 heteroatoms. The molecule has 0 radical (unpaired) electrons. The van der Waals surface area contributed by atoms with Crippen molar-refractivity contribution in [3.8, 4) is 17.1 Å². The second-order valence-electron chi connectivity index (χ2n) is 6.19. The molecule has 0 amide bonds. The van der Waals surface area contributed by atoms with Crippen LogP contribution in [0.1, 0.15) is 11.1 Å². The number of aromatic nitrogens is 2. The molecule has 3 N–H and O–H groups in total. The van der Waals surface area contributed by atoms with Gasteiger partial charge in [0.1, 0.15) is 11.3 Å². The number of phenolic OH excluding ortho intramolecular Hbond substituents is 1. The lowest BCUT2D eigenvalue weighted by Crippen LogP contribution is -2.02. The molecule has 26 heavy (non-hydrogen) atoms. The molecule has 0 aliphatic heterocycles. The lowest BCUT2D eigenvalue weighted by Gasteiger charge is -2.00. The van der Waals surface area contributed by atoms with Crippen LogP contribution in [0.5, 0.6) is 5.75 Å². The van der Waals surface area contributed by atoms with Crippen molar-refractivity contribution in [1.29, 1.82) is 0 Å². The summed E-state index contributed by atoms with van der Waals surface area (Å²) in [6, 6.07) is 18.9. The summed E-state index contributed by atoms with van der Waals surface area (Å²) in [7, 11) is 0. The monoisotopic (exact) mass is 362 g/mol. The van der Waals surface area contributed by atoms with Gasteiger partial charge in [-0.3, -0.25) is 4.99 Å². The Morgan fingerprint density at radius 2 is 1.85 bits per heavy atom. The van der Waals surface area contributed by atoms with E-state index in [1.807, 2.05) is 49.4 Å². The highest BCUT2D eigenvalue weighted by molar-refractivity contribution is 6.30. The quantitative estimate of drug-likeness (QED) is 0.491. The van der Waals surface area contributed by atoms with Crippen LogP contribution >= 0.6 is 11.6 Å². The number of aryl methyl sites for hydroxylation is 1. The highest BCUT2D eigenvalue weighted by Gasteiger charge is 2.16. The van der Waals surface area contributed by atoms with Crippen molar-refractivity contribution in [1.82, 2.24) is 4.98 Å². The summed E-state index contributed by atoms with van der Waals surface area (Å²) in [4.78, 5) is 11.1. The van der Waals surface area contributed by atoms with Crippen LogP contribution in [-0.4, -0.2) is 16.3 Å². The van der Waals surface area contributed by atoms with E-state index in [0.717, 1.165) is 28.1 Å². The zero-order valence-electron chi connectivity index (χ0n) is 14.1. The molecule has 0 aliphatic carbocycles. The largest absolute Gasteiger partial charge is 0.507 e. The summed E-state index contributed by atoms with van der Waals surface area (Å²) in [5, 5.41) is 11.0. The Balaban J connectivity index is 1.70. The fourth-order valence-electron chi connectivity index (χ4n) is 2.81. The number of fused-ring (bicyclic) bond motifs is 1. The number of rotatable bonds is 3. The van der Waals surface area contributed by atoms with E-state index in [1.54, 1.807) is 18.3 Å². The van der Waals surface area contributed by atoms with E-state index >= 15 is 0 Å². The molecule has 0 unspecified atom stereocenters. The minimum absolute atomic E-state index is 0.190. The second kappa shape index (κ2) is 6.65. The molecule has 0 aliphatic rings. The first kappa shape index (κ1) is 16.4. The van der Waals surface area contributed by atoms with Gasteiger partial charge in [0.15, 0.2) is 11.0 Å². The third-order valence-electron chi connectivity index (χ3n) is 4.18. The second-order valence-corrected chi connectivity index (χ2v) is 6.62. The highest BCUT2D eigenvalue weighted by Crippen LogP contribution is 2.30. The average molecular weight is 363 g/mol. The van der Waals surface area contributed by atoms with Gasteiger partial charge in [-0.05, 0) is 60.5 Å². The summed E-state index contributed by atoms with van der Waals surface area (Å²) < 4.78 is 0. The van der Waals surface area contributed by atoms with Gasteiger partial charge < -0.3 is 5.11 Å². The van der Waals surface area contributed by atoms with Crippen molar-refractivity contribution in [2.24, 2.45) is 4.99 Å². The van der Waals surface area contributed by atoms with Gasteiger partial charge in [0.05, 0.1) is 5.69 Å². The molecule has 128 valence electrons. The molecule has 0 atom stereocenters. The van der Waals surface area contributed by atoms with Crippen LogP contribution in [0.25, 0.3) is 22.4 Å². The molecule has 3 aromatic carbocycles. The minimum Gasteiger partial charge on any atom is -0.507 e. The number of halogens is 1. The first-order valence-electron chi connectivity index (χ1n) is 8.23. The van der Waals surface area contributed by atoms with Crippen molar-refractivity contribution in [2.75, 3.05) is 0 Å². The molecule has 0 fully saturated rings. The molecule has 0 saturated carbocycles. The van der Waals surface area contributed by atoms with Crippen LogP contribution in [0.4, 0.5) is 5.69 Å². The number of nitrogens with zero attached hydrogens (tertiary/aromatic N) is 1. The molecule has 0 saturated heterocycles. The molecule has 1 aromatic heterocycles. The smallest absolute Gasteiger partial charge is 0.289 e. The first-order valence-corrected chi connectivity index (χ1v) is 8.61. The van der Waals surface area contributed by atoms with E-state index < -0.39 is 0 Å². The summed E-state index contributed by atoms with van der Waals surface area (Å²) in [6.45, 7) is 2.05. The maximum Gasteiger partial charge on any atom is 0.289 e. The fourth-order valence-corrected chi connectivity index (χ4v) is 2.93. The predicted molar refractivity (Wildman–Crippen MR) is 105 cm³/mol. The third kappa shape index (κ3) is 3.32. The Morgan fingerprint density at radius 1 is 1.04 bits per heavy atom. The van der Waals surface area contributed by atoms with Crippen LogP contribution in [0, 0.1) is 6.92 Å². The number of aromatic amines is 2. The number of nitrogens with one attached hydrogen (secondary N) is 2. The minimum atomic E-state index is 0.190. The average Bonchev–Trinajstić information content (AvgIpc) is 3.05. The van der Waals surface area contributed by atoms with Crippen LogP contribution < -0.4 is 4.98 Å². The number of aromatic hydroxyl groups is 1. The normalized spacial score (nSPS) is 11.5. The zero-order valence-corrected chi connectivity index (χ0v) is 14.9. The van der Waals surface area contributed by atoms with E-state index in [2.05, 4.69) is 21.0 Å². The lowest BCUT2D eigenvalue weighted by atomic mass is 10.1. The van der Waals surface area contributed by atoms with Crippen LogP contribution in [0.15, 0.2) is 65.7 Å². The van der Waals surface area contributed by atoms with Gasteiger partial charge in [0.2, 0.25) is 0 Å². The molecule has 1 heterocycles. The number of imidazole rings is 1. The standard InChI is InChI=1S/C21H16ClN3O/c1-13-2-8-18-19(10-13)25-21(24-18)17-11-16(7-9-20(17)26)23-12-14-3-5-15(22)6-4-14/h2-12,26H,1H3,(H,24,25)/p+1. The maximum absolute atomic E-state index is 10.3. The molecule has 0 bridgehead atoms. The first-order chi connectivity index (χ1) is 12.6. The lowest BCUT2D eigenvalue weighted by molar-refractivity contribution is -0.330. The van der Waals surface area contributed by atoms with Gasteiger partial charge >= 0.3 is 0 Å². The van der Waals surface area contributed by atoms with E-state index in [1.165, 1.54) is 5.56 Å². The molecule has 4 aromatic rings. The molecular formula is C21H17ClN3O+. The van der Waals surface area contributed by atoms with Crippen molar-refractivity contribution in [2.45, 2.75) is 6.92 Å². The van der Waals surface area contributed by atoms with Gasteiger partial charge in [-0.2, -0.15) is 0 Å². The Hall–Kier alpha value is -3.11. The summed E-state index contributed by atoms with van der Waals surface area (Å²) in [5.74, 6) is 0.932. The molecular weight excluding hydrogens is 346 g/mol. The van der Waals surface area contributed by atoms with Gasteiger partial charge in [-0.1, -0.05) is 29.8 Å². The highest BCUT2D eigenvalue weighted by atomic mass is 35.5. The van der Waals surface area contributed by atoms with Crippen molar-refractivity contribution in [3.05, 3.63) is 76.8 Å². The Kier molecular flexibility index (Phi) is 4.19. The van der Waals surface area contributed by atoms with E-state index in [-0.39, 0.29) is 5.75 Å². The van der Waals surface area contributed by atoms with E-state index in [4.69, 9.17) is 11.6 Å². The maximum atomic E-state index is 10.3. The summed E-state index contributed by atoms with van der Waals surface area (Å²) in [6.07, 6.45) is 1.77. The topological polar surface area (TPSA) is 62.5 Å². The number of benzene rings is 3. The summed E-state index contributed by atoms with van der Waals surface area (Å²) >= 11 is 5.90. The van der Waals surface area contributed by atoms with Crippen LogP contribution in [-0.2, 0) is 0 Å². The fraction of sp³-hybridized carbons (Fsp3) is 0.0476. The number of aliphatic imine (C=N–C) groups is 1. The third-order valence-corrected chi connectivity index (χ3v) is 4.43. The van der Waals surface area contributed by atoms with Crippen LogP contribution in [0.2, 0.25) is 5.02 Å². The Labute approximate surface area is 155 Å². The van der Waals surface area contributed by atoms with E-state index in [9.17, 15) is 5.11 Å². The number of hydrogen-bond donors (Lipinski definition) is 2. The van der Waals surface area contributed by atoms with Crippen molar-refractivity contribution < 1.29 is 10.1 Å². The molecule has 0 spiro atoms.